The molecule has 0 aliphatic carbocycles. The minimum absolute atomic E-state index is 0. The Hall–Kier alpha value is -0.930. The lowest BCUT2D eigenvalue weighted by molar-refractivity contribution is -0.387. The highest BCUT2D eigenvalue weighted by Crippen LogP contribution is 2.33. The fraction of sp³-hybridized carbons (Fsp3) is 0.538. The first kappa shape index (κ1) is 20.1. The summed E-state index contributed by atoms with van der Waals surface area (Å²) >= 11 is 5.74. The van der Waals surface area contributed by atoms with Crippen LogP contribution in [0.15, 0.2) is 23.1 Å². The van der Waals surface area contributed by atoms with E-state index in [1.807, 2.05) is 6.92 Å². The van der Waals surface area contributed by atoms with E-state index in [4.69, 9.17) is 17.3 Å². The quantitative estimate of drug-likeness (QED) is 0.634. The second-order valence-corrected chi connectivity index (χ2v) is 7.80. The zero-order chi connectivity index (χ0) is 16.5. The van der Waals surface area contributed by atoms with Crippen molar-refractivity contribution in [3.63, 3.8) is 0 Å². The van der Waals surface area contributed by atoms with Crippen molar-refractivity contribution in [2.24, 2.45) is 11.7 Å². The summed E-state index contributed by atoms with van der Waals surface area (Å²) in [6, 6.07) is 3.23. The Morgan fingerprint density at radius 2 is 2.13 bits per heavy atom. The number of hydrogen-bond acceptors (Lipinski definition) is 5. The number of nitrogens with two attached hydrogens (primary N) is 1. The first-order valence-electron chi connectivity index (χ1n) is 6.93. The summed E-state index contributed by atoms with van der Waals surface area (Å²) in [5, 5.41) is 11.3. The molecule has 0 saturated carbocycles. The molecule has 1 aliphatic heterocycles. The number of nitro benzene ring substituents is 1. The standard InChI is InChI=1S/C13H18ClN3O4S.ClH/c1-9-4-5-16(11(6-9)8-15)22(20,21)13-3-2-10(14)7-12(13)17(18)19;/h2-3,7,9,11H,4-6,8,15H2,1H3;1H. The van der Waals surface area contributed by atoms with Crippen LogP contribution in [0.1, 0.15) is 19.8 Å². The Kier molecular flexibility index (Phi) is 6.79. The Bertz CT molecular complexity index is 684. The second-order valence-electron chi connectivity index (χ2n) is 5.50. The van der Waals surface area contributed by atoms with Crippen LogP contribution in [0.25, 0.3) is 0 Å². The number of halogens is 2. The van der Waals surface area contributed by atoms with E-state index < -0.39 is 20.6 Å². The average Bonchev–Trinajstić information content (AvgIpc) is 2.46. The normalized spacial score (nSPS) is 22.4. The van der Waals surface area contributed by atoms with Crippen molar-refractivity contribution in [2.75, 3.05) is 13.1 Å². The van der Waals surface area contributed by atoms with E-state index >= 15 is 0 Å². The lowest BCUT2D eigenvalue weighted by atomic mass is 9.94. The number of sulfonamides is 1. The molecule has 1 aliphatic rings. The lowest BCUT2D eigenvalue weighted by Gasteiger charge is -2.36. The zero-order valence-electron chi connectivity index (χ0n) is 12.5. The van der Waals surface area contributed by atoms with Gasteiger partial charge in [-0.05, 0) is 30.9 Å². The van der Waals surface area contributed by atoms with Crippen LogP contribution < -0.4 is 5.73 Å². The van der Waals surface area contributed by atoms with Crippen LogP contribution in [0, 0.1) is 16.0 Å². The molecule has 0 bridgehead atoms. The van der Waals surface area contributed by atoms with Crippen LogP contribution in [0.3, 0.4) is 0 Å². The fourth-order valence-corrected chi connectivity index (χ4v) is 4.71. The Morgan fingerprint density at radius 1 is 1.48 bits per heavy atom. The molecule has 1 heterocycles. The zero-order valence-corrected chi connectivity index (χ0v) is 14.9. The molecule has 2 unspecified atom stereocenters. The maximum atomic E-state index is 12.8. The van der Waals surface area contributed by atoms with Crippen molar-refractivity contribution in [2.45, 2.75) is 30.7 Å². The number of benzene rings is 1. The topological polar surface area (TPSA) is 107 Å². The number of hydrogen-bond donors (Lipinski definition) is 1. The van der Waals surface area contributed by atoms with E-state index in [-0.39, 0.29) is 34.9 Å². The summed E-state index contributed by atoms with van der Waals surface area (Å²) in [6.07, 6.45) is 1.36. The van der Waals surface area contributed by atoms with Gasteiger partial charge in [0.1, 0.15) is 0 Å². The largest absolute Gasteiger partial charge is 0.329 e. The van der Waals surface area contributed by atoms with Gasteiger partial charge in [-0.25, -0.2) is 8.42 Å². The molecule has 0 radical (unpaired) electrons. The number of nitro groups is 1. The minimum Gasteiger partial charge on any atom is -0.329 e. The summed E-state index contributed by atoms with van der Waals surface area (Å²) in [5.74, 6) is 0.375. The van der Waals surface area contributed by atoms with E-state index in [9.17, 15) is 18.5 Å². The van der Waals surface area contributed by atoms with Gasteiger partial charge in [0.2, 0.25) is 10.0 Å². The third-order valence-electron chi connectivity index (χ3n) is 3.90. The smallest absolute Gasteiger partial charge is 0.290 e. The minimum atomic E-state index is -3.99. The monoisotopic (exact) mass is 383 g/mol. The summed E-state index contributed by atoms with van der Waals surface area (Å²) < 4.78 is 26.9. The van der Waals surface area contributed by atoms with E-state index in [1.54, 1.807) is 0 Å². The van der Waals surface area contributed by atoms with Gasteiger partial charge in [0, 0.05) is 30.2 Å². The molecule has 1 fully saturated rings. The summed E-state index contributed by atoms with van der Waals surface area (Å²) in [4.78, 5) is 10.1. The van der Waals surface area contributed by atoms with Crippen LogP contribution in [0.5, 0.6) is 0 Å². The average molecular weight is 384 g/mol. The number of rotatable bonds is 4. The first-order valence-corrected chi connectivity index (χ1v) is 8.75. The molecule has 2 rings (SSSR count). The molecule has 1 aromatic carbocycles. The predicted octanol–water partition coefficient (Wildman–Crippen LogP) is 2.42. The van der Waals surface area contributed by atoms with Gasteiger partial charge in [-0.2, -0.15) is 4.31 Å². The van der Waals surface area contributed by atoms with Crippen LogP contribution in [0.4, 0.5) is 5.69 Å². The molecule has 0 amide bonds. The van der Waals surface area contributed by atoms with Gasteiger partial charge >= 0.3 is 0 Å². The van der Waals surface area contributed by atoms with Crippen LogP contribution in [-0.4, -0.2) is 36.8 Å². The van der Waals surface area contributed by atoms with Crippen molar-refractivity contribution in [3.8, 4) is 0 Å². The van der Waals surface area contributed by atoms with E-state index in [2.05, 4.69) is 0 Å². The maximum Gasteiger partial charge on any atom is 0.290 e. The predicted molar refractivity (Wildman–Crippen MR) is 90.5 cm³/mol. The maximum absolute atomic E-state index is 12.8. The first-order chi connectivity index (χ1) is 10.3. The molecular weight excluding hydrogens is 365 g/mol. The summed E-state index contributed by atoms with van der Waals surface area (Å²) in [5.41, 5.74) is 5.18. The molecule has 2 atom stereocenters. The Balaban J connectivity index is 0.00000264. The van der Waals surface area contributed by atoms with Gasteiger partial charge in [0.05, 0.1) is 4.92 Å². The van der Waals surface area contributed by atoms with E-state index in [0.29, 0.717) is 25.3 Å². The van der Waals surface area contributed by atoms with Crippen molar-refractivity contribution in [3.05, 3.63) is 33.3 Å². The molecule has 2 N–H and O–H groups in total. The van der Waals surface area contributed by atoms with Gasteiger partial charge in [-0.3, -0.25) is 10.1 Å². The Morgan fingerprint density at radius 3 is 2.70 bits per heavy atom. The van der Waals surface area contributed by atoms with E-state index in [1.165, 1.54) is 16.4 Å². The van der Waals surface area contributed by atoms with Crippen molar-refractivity contribution < 1.29 is 13.3 Å². The van der Waals surface area contributed by atoms with Crippen LogP contribution >= 0.6 is 24.0 Å². The molecule has 0 aromatic heterocycles. The highest BCUT2D eigenvalue weighted by molar-refractivity contribution is 7.89. The Labute approximate surface area is 146 Å². The second kappa shape index (κ2) is 7.76. The van der Waals surface area contributed by atoms with Crippen LogP contribution in [0.2, 0.25) is 5.02 Å². The number of piperidine rings is 1. The van der Waals surface area contributed by atoms with Crippen molar-refractivity contribution in [1.82, 2.24) is 4.31 Å². The fourth-order valence-electron chi connectivity index (χ4n) is 2.74. The lowest BCUT2D eigenvalue weighted by Crippen LogP contribution is -2.49. The molecule has 130 valence electrons. The SMILES string of the molecule is CC1CCN(S(=O)(=O)c2ccc(Cl)cc2[N+](=O)[O-])C(CN)C1.Cl. The third-order valence-corrected chi connectivity index (χ3v) is 6.13. The van der Waals surface area contributed by atoms with Gasteiger partial charge < -0.3 is 5.73 Å². The summed E-state index contributed by atoms with van der Waals surface area (Å²) in [6.45, 7) is 2.54. The van der Waals surface area contributed by atoms with Gasteiger partial charge in [-0.1, -0.05) is 18.5 Å². The van der Waals surface area contributed by atoms with Crippen LogP contribution in [-0.2, 0) is 10.0 Å². The third kappa shape index (κ3) is 4.13. The molecule has 7 nitrogen and oxygen atoms in total. The molecule has 1 aromatic rings. The number of nitrogens with zero attached hydrogens (tertiary/aromatic N) is 2. The molecule has 10 heteroatoms. The van der Waals surface area contributed by atoms with E-state index in [0.717, 1.165) is 6.07 Å². The van der Waals surface area contributed by atoms with Gasteiger partial charge in [0.25, 0.3) is 5.69 Å². The van der Waals surface area contributed by atoms with Gasteiger partial charge in [0.15, 0.2) is 4.90 Å². The summed E-state index contributed by atoms with van der Waals surface area (Å²) in [7, 11) is -3.99. The molecular formula is C13H19Cl2N3O4S. The molecule has 1 saturated heterocycles. The molecule has 23 heavy (non-hydrogen) atoms. The van der Waals surface area contributed by atoms with Crippen molar-refractivity contribution >= 4 is 39.7 Å². The highest BCUT2D eigenvalue weighted by atomic mass is 35.5. The highest BCUT2D eigenvalue weighted by Gasteiger charge is 2.38. The molecule has 0 spiro atoms. The van der Waals surface area contributed by atoms with Gasteiger partial charge in [-0.15, -0.1) is 12.4 Å². The van der Waals surface area contributed by atoms with Crippen molar-refractivity contribution in [1.29, 1.82) is 0 Å².